The predicted molar refractivity (Wildman–Crippen MR) is 410 cm³/mol. The highest BCUT2D eigenvalue weighted by atomic mass is 16.7. The molecule has 6 N–H and O–H groups in total. The van der Waals surface area contributed by atoms with Gasteiger partial charge >= 0.3 is 0 Å². The Balaban J connectivity index is 2.03. The van der Waals surface area contributed by atoms with E-state index in [1.54, 1.807) is 6.08 Å². The molecule has 1 amide bonds. The first-order valence-corrected chi connectivity index (χ1v) is 42.7. The molecule has 1 aliphatic rings. The largest absolute Gasteiger partial charge is 0.394 e. The normalized spacial score (nSPS) is 17.6. The fraction of sp³-hybridized carbons (Fsp3) is 0.919. The third kappa shape index (κ3) is 63.1. The second-order valence-corrected chi connectivity index (χ2v) is 30.0. The quantitative estimate of drug-likeness (QED) is 0.0261. The first-order valence-electron chi connectivity index (χ1n) is 42.7. The number of amides is 1. The van der Waals surface area contributed by atoms with E-state index in [-0.39, 0.29) is 12.5 Å². The Bertz CT molecular complexity index is 1600. The molecule has 0 bridgehead atoms. The zero-order chi connectivity index (χ0) is 68.5. The Morgan fingerprint density at radius 1 is 0.347 bits per heavy atom. The number of nitrogens with one attached hydrogen (secondary N) is 1. The summed E-state index contributed by atoms with van der Waals surface area (Å²) in [5.41, 5.74) is 0. The monoisotopic (exact) mass is 1340 g/mol. The zero-order valence-corrected chi connectivity index (χ0v) is 63.5. The van der Waals surface area contributed by atoms with Crippen LogP contribution < -0.4 is 5.32 Å². The van der Waals surface area contributed by atoms with Crippen LogP contribution in [0.5, 0.6) is 0 Å². The molecule has 0 aromatic heterocycles. The van der Waals surface area contributed by atoms with Crippen molar-refractivity contribution < 1.29 is 39.8 Å². The van der Waals surface area contributed by atoms with Crippen LogP contribution in [0, 0.1) is 0 Å². The van der Waals surface area contributed by atoms with Crippen molar-refractivity contribution in [3.8, 4) is 0 Å². The fourth-order valence-electron chi connectivity index (χ4n) is 14.1. The van der Waals surface area contributed by atoms with Crippen molar-refractivity contribution in [1.82, 2.24) is 5.32 Å². The average molecular weight is 1340 g/mol. The average Bonchev–Trinajstić information content (AvgIpc) is 0.836. The molecule has 562 valence electrons. The molecule has 1 heterocycles. The van der Waals surface area contributed by atoms with E-state index in [4.69, 9.17) is 9.47 Å². The summed E-state index contributed by atoms with van der Waals surface area (Å²) in [6.45, 7) is 3.83. The van der Waals surface area contributed by atoms with Gasteiger partial charge in [0.05, 0.1) is 25.4 Å². The molecule has 1 rings (SSSR count). The Morgan fingerprint density at radius 2 is 0.600 bits per heavy atom. The summed E-state index contributed by atoms with van der Waals surface area (Å²) in [5, 5.41) is 54.9. The second kappa shape index (κ2) is 75.1. The number of allylic oxidation sites excluding steroid dienone is 5. The molecule has 1 aliphatic heterocycles. The molecule has 1 fully saturated rings. The molecule has 0 aromatic rings. The van der Waals surface area contributed by atoms with Gasteiger partial charge < -0.3 is 40.3 Å². The lowest BCUT2D eigenvalue weighted by molar-refractivity contribution is -0.302. The summed E-state index contributed by atoms with van der Waals surface area (Å²) in [4.78, 5) is 13.2. The van der Waals surface area contributed by atoms with Gasteiger partial charge in [0, 0.05) is 6.42 Å². The molecule has 1 saturated heterocycles. The highest BCUT2D eigenvalue weighted by Crippen LogP contribution is 2.24. The van der Waals surface area contributed by atoms with Crippen molar-refractivity contribution in [2.24, 2.45) is 0 Å². The van der Waals surface area contributed by atoms with Gasteiger partial charge in [-0.3, -0.25) is 4.79 Å². The highest BCUT2D eigenvalue weighted by Gasteiger charge is 2.44. The van der Waals surface area contributed by atoms with Crippen LogP contribution in [-0.2, 0) is 14.3 Å². The van der Waals surface area contributed by atoms with Crippen LogP contribution in [0.25, 0.3) is 0 Å². The van der Waals surface area contributed by atoms with Crippen LogP contribution >= 0.6 is 0 Å². The summed E-state index contributed by atoms with van der Waals surface area (Å²) in [6.07, 6.45) is 96.2. The van der Waals surface area contributed by atoms with Gasteiger partial charge in [-0.1, -0.05) is 423 Å². The van der Waals surface area contributed by atoms with Gasteiger partial charge in [-0.05, 0) is 57.8 Å². The van der Waals surface area contributed by atoms with Crippen LogP contribution in [0.1, 0.15) is 450 Å². The summed E-state index contributed by atoms with van der Waals surface area (Å²) >= 11 is 0. The molecule has 7 unspecified atom stereocenters. The van der Waals surface area contributed by atoms with E-state index in [1.807, 2.05) is 6.08 Å². The summed E-state index contributed by atoms with van der Waals surface area (Å²) < 4.78 is 11.3. The first-order chi connectivity index (χ1) is 46.8. The van der Waals surface area contributed by atoms with Gasteiger partial charge in [-0.25, -0.2) is 0 Å². The molecule has 0 saturated carbocycles. The number of carbonyl (C=O) groups excluding carboxylic acids is 1. The van der Waals surface area contributed by atoms with E-state index in [2.05, 4.69) is 43.5 Å². The van der Waals surface area contributed by atoms with Crippen LogP contribution in [0.4, 0.5) is 0 Å². The maximum atomic E-state index is 13.2. The Morgan fingerprint density at radius 3 is 0.884 bits per heavy atom. The van der Waals surface area contributed by atoms with Gasteiger partial charge in [-0.15, -0.1) is 0 Å². The Labute approximate surface area is 591 Å². The van der Waals surface area contributed by atoms with Gasteiger partial charge in [0.15, 0.2) is 6.29 Å². The van der Waals surface area contributed by atoms with Gasteiger partial charge in [0.1, 0.15) is 24.4 Å². The minimum atomic E-state index is -1.57. The maximum absolute atomic E-state index is 13.2. The highest BCUT2D eigenvalue weighted by molar-refractivity contribution is 5.76. The number of hydrogen-bond donors (Lipinski definition) is 6. The summed E-state index contributed by atoms with van der Waals surface area (Å²) in [7, 11) is 0. The third-order valence-corrected chi connectivity index (χ3v) is 20.7. The van der Waals surface area contributed by atoms with Crippen LogP contribution in [-0.4, -0.2) is 87.5 Å². The van der Waals surface area contributed by atoms with E-state index in [0.717, 1.165) is 38.5 Å². The Kier molecular flexibility index (Phi) is 72.3. The van der Waals surface area contributed by atoms with E-state index in [9.17, 15) is 30.3 Å². The van der Waals surface area contributed by atoms with Crippen molar-refractivity contribution >= 4 is 5.91 Å². The number of ether oxygens (including phenoxy) is 2. The number of carbonyl (C=O) groups is 1. The predicted octanol–water partition coefficient (Wildman–Crippen LogP) is 24.9. The molecular weight excluding hydrogens is 1170 g/mol. The van der Waals surface area contributed by atoms with Gasteiger partial charge in [0.25, 0.3) is 0 Å². The van der Waals surface area contributed by atoms with Crippen molar-refractivity contribution in [3.05, 3.63) is 36.5 Å². The minimum absolute atomic E-state index is 0.176. The fourth-order valence-corrected chi connectivity index (χ4v) is 14.1. The van der Waals surface area contributed by atoms with Crippen molar-refractivity contribution in [2.75, 3.05) is 13.2 Å². The van der Waals surface area contributed by atoms with Crippen LogP contribution in [0.15, 0.2) is 36.5 Å². The lowest BCUT2D eigenvalue weighted by Gasteiger charge is -2.40. The molecule has 9 nitrogen and oxygen atoms in total. The van der Waals surface area contributed by atoms with Gasteiger partial charge in [0.2, 0.25) is 5.91 Å². The van der Waals surface area contributed by atoms with E-state index < -0.39 is 49.5 Å². The molecular formula is C86H165NO8. The second-order valence-electron chi connectivity index (χ2n) is 30.0. The Hall–Kier alpha value is -1.59. The molecule has 0 aliphatic carbocycles. The van der Waals surface area contributed by atoms with E-state index in [1.165, 1.54) is 392 Å². The van der Waals surface area contributed by atoms with Crippen LogP contribution in [0.3, 0.4) is 0 Å². The van der Waals surface area contributed by atoms with Crippen LogP contribution in [0.2, 0.25) is 0 Å². The SMILES string of the molecule is CCCCCCCCCC/C=C\CCCCCCCCCCCCCCCCCCCCCCCCCCCCCCCC(=O)NC(COC1OC(CO)C(O)C(O)C1O)C(O)/C=C/CC/C=C/CCCCCCCCCCCCCCCCCCCCCCCCCCC. The van der Waals surface area contributed by atoms with Crippen molar-refractivity contribution in [3.63, 3.8) is 0 Å². The number of aliphatic hydroxyl groups excluding tert-OH is 5. The molecule has 7 atom stereocenters. The topological polar surface area (TPSA) is 149 Å². The van der Waals surface area contributed by atoms with Crippen molar-refractivity contribution in [2.45, 2.75) is 493 Å². The first kappa shape index (κ1) is 91.4. The zero-order valence-electron chi connectivity index (χ0n) is 63.5. The summed E-state index contributed by atoms with van der Waals surface area (Å²) in [6, 6.07) is -0.822. The molecule has 95 heavy (non-hydrogen) atoms. The lowest BCUT2D eigenvalue weighted by atomic mass is 9.99. The number of rotatable bonds is 77. The molecule has 0 aromatic carbocycles. The summed E-state index contributed by atoms with van der Waals surface area (Å²) in [5.74, 6) is -0.176. The number of unbranched alkanes of at least 4 members (excludes halogenated alkanes) is 63. The van der Waals surface area contributed by atoms with E-state index in [0.29, 0.717) is 6.42 Å². The minimum Gasteiger partial charge on any atom is -0.394 e. The number of hydrogen-bond acceptors (Lipinski definition) is 8. The smallest absolute Gasteiger partial charge is 0.220 e. The van der Waals surface area contributed by atoms with E-state index >= 15 is 0 Å². The molecule has 9 heteroatoms. The van der Waals surface area contributed by atoms with Gasteiger partial charge in [-0.2, -0.15) is 0 Å². The maximum Gasteiger partial charge on any atom is 0.220 e. The molecule has 0 spiro atoms. The lowest BCUT2D eigenvalue weighted by Crippen LogP contribution is -2.60. The molecule has 0 radical (unpaired) electrons. The number of aliphatic hydroxyl groups is 5. The standard InChI is InChI=1S/C86H165NO8/c1-3-5-7-9-11-13-15-17-19-21-23-25-27-29-31-33-35-36-37-38-39-40-41-42-43-44-46-48-50-52-54-56-58-60-62-64-66-68-70-72-74-76-82(90)87-79(78-94-86-85(93)84(92)83(91)81(77-88)95-86)80(89)75-73-71-69-67-65-63-61-59-57-55-53-51-49-47-45-34-32-30-28-26-24-22-20-18-16-14-12-10-8-6-4-2/h21,23,65,67,73,75,79-81,83-86,88-89,91-93H,3-20,22,24-64,66,68-72,74,76-78H2,1-2H3,(H,87,90)/b23-21-,67-65+,75-73+. The van der Waals surface area contributed by atoms with Crippen molar-refractivity contribution in [1.29, 1.82) is 0 Å². The third-order valence-electron chi connectivity index (χ3n) is 20.7.